The molecule has 2 heterocycles. The average Bonchev–Trinajstić information content (AvgIpc) is 0.872. The van der Waals surface area contributed by atoms with E-state index in [1.54, 1.807) is 6.92 Å². The molecular weight excluding hydrogens is 1350 g/mol. The second kappa shape index (κ2) is 55.2. The van der Waals surface area contributed by atoms with Gasteiger partial charge in [0, 0.05) is 34.1 Å². The number of rotatable bonds is 48. The van der Waals surface area contributed by atoms with Crippen molar-refractivity contribution in [2.75, 3.05) is 20.0 Å². The number of carboxylic acid groups (broad SMARTS) is 1. The van der Waals surface area contributed by atoms with Crippen LogP contribution in [-0.2, 0) is 30.3 Å². The molecule has 598 valence electrons. The second-order valence-corrected chi connectivity index (χ2v) is 35.8. The van der Waals surface area contributed by atoms with Crippen LogP contribution in [0.3, 0.4) is 0 Å². The minimum Gasteiger partial charge on any atom is -0.507 e. The van der Waals surface area contributed by atoms with Crippen LogP contribution in [0.5, 0.6) is 11.5 Å². The van der Waals surface area contributed by atoms with E-state index in [-0.39, 0.29) is 28.7 Å². The number of hydrogen-bond donors (Lipinski definition) is 2. The number of phenols is 1. The number of aliphatic carboxylic acids is 1. The van der Waals surface area contributed by atoms with Gasteiger partial charge in [0.2, 0.25) is 23.1 Å². The number of ketones is 2. The molecule has 1 aromatic rings. The molecule has 1 saturated heterocycles. The molecule has 2 aliphatic heterocycles. The van der Waals surface area contributed by atoms with Gasteiger partial charge >= 0.3 is 5.97 Å². The molecule has 8 nitrogen and oxygen atoms in total. The zero-order chi connectivity index (χ0) is 79.2. The molecule has 0 radical (unpaired) electrons. The lowest BCUT2D eigenvalue weighted by Crippen LogP contribution is -2.37. The van der Waals surface area contributed by atoms with Gasteiger partial charge < -0.3 is 24.4 Å². The van der Waals surface area contributed by atoms with Crippen LogP contribution >= 0.6 is 21.6 Å². The molecule has 0 aromatic heterocycles. The molecule has 0 bridgehead atoms. The number of methoxy groups -OCH3 is 2. The van der Waals surface area contributed by atoms with Gasteiger partial charge in [0.25, 0.3) is 0 Å². The third-order valence-corrected chi connectivity index (χ3v) is 24.9. The highest BCUT2D eigenvalue weighted by Crippen LogP contribution is 2.45. The zero-order valence-corrected chi connectivity index (χ0v) is 73.3. The van der Waals surface area contributed by atoms with Gasteiger partial charge in [-0.1, -0.05) is 217 Å². The highest BCUT2D eigenvalue weighted by molar-refractivity contribution is 8.77. The maximum Gasteiger partial charge on any atom is 0.303 e. The molecule has 0 spiro atoms. The number of benzene rings is 1. The van der Waals surface area contributed by atoms with E-state index in [0.29, 0.717) is 29.7 Å². The van der Waals surface area contributed by atoms with Gasteiger partial charge in [0.15, 0.2) is 0 Å². The smallest absolute Gasteiger partial charge is 0.303 e. The molecular formula is C96H154O8S2. The number of carbonyl (C=O) groups excluding carboxylic acids is 2. The Kier molecular flexibility index (Phi) is 50.5. The molecule has 2 N–H and O–H groups in total. The van der Waals surface area contributed by atoms with Gasteiger partial charge in [-0.3, -0.25) is 14.4 Å². The normalized spacial score (nSPS) is 18.0. The van der Waals surface area contributed by atoms with Crippen molar-refractivity contribution in [1.29, 1.82) is 0 Å². The van der Waals surface area contributed by atoms with E-state index in [9.17, 15) is 19.5 Å². The number of carbonyl (C=O) groups is 3. The predicted octanol–water partition coefficient (Wildman–Crippen LogP) is 29.5. The summed E-state index contributed by atoms with van der Waals surface area (Å²) in [5, 5.41) is 19.6. The van der Waals surface area contributed by atoms with E-state index in [0.717, 1.165) is 174 Å². The van der Waals surface area contributed by atoms with Crippen LogP contribution in [0, 0.1) is 38.5 Å². The van der Waals surface area contributed by atoms with Crippen LogP contribution < -0.4 is 4.74 Å². The van der Waals surface area contributed by atoms with Crippen molar-refractivity contribution in [3.05, 3.63) is 161 Å². The molecule has 1 fully saturated rings. The molecule has 0 unspecified atom stereocenters. The number of fused-ring (bicyclic) bond motifs is 1. The third-order valence-electron chi connectivity index (χ3n) is 21.9. The van der Waals surface area contributed by atoms with Gasteiger partial charge in [-0.25, -0.2) is 0 Å². The molecule has 4 atom stereocenters. The summed E-state index contributed by atoms with van der Waals surface area (Å²) in [6.45, 7) is 44.3. The Hall–Kier alpha value is -5.19. The lowest BCUT2D eigenvalue weighted by Gasteiger charge is -2.38. The number of unbranched alkanes of at least 4 members (excludes halogenated alkanes) is 1. The molecule has 1 aliphatic carbocycles. The summed E-state index contributed by atoms with van der Waals surface area (Å²) >= 11 is 0. The number of ether oxygens (including phenoxy) is 3. The van der Waals surface area contributed by atoms with Crippen molar-refractivity contribution in [2.45, 2.75) is 374 Å². The summed E-state index contributed by atoms with van der Waals surface area (Å²) in [5.41, 5.74) is 19.7. The Balaban J connectivity index is 0.000000720. The fourth-order valence-corrected chi connectivity index (χ4v) is 17.1. The molecule has 0 saturated carbocycles. The number of aromatic hydroxyl groups is 1. The van der Waals surface area contributed by atoms with E-state index < -0.39 is 5.97 Å². The van der Waals surface area contributed by atoms with Crippen LogP contribution in [0.15, 0.2) is 139 Å². The van der Waals surface area contributed by atoms with Gasteiger partial charge in [-0.05, 0) is 312 Å². The quantitative estimate of drug-likeness (QED) is 0.0283. The van der Waals surface area contributed by atoms with Gasteiger partial charge in [-0.2, -0.15) is 0 Å². The second-order valence-electron chi connectivity index (χ2n) is 33.0. The molecule has 3 aliphatic rings. The zero-order valence-electron chi connectivity index (χ0n) is 71.7. The van der Waals surface area contributed by atoms with E-state index in [4.69, 9.17) is 19.3 Å². The van der Waals surface area contributed by atoms with Crippen molar-refractivity contribution in [1.82, 2.24) is 0 Å². The number of hydrogen-bond acceptors (Lipinski definition) is 9. The lowest BCUT2D eigenvalue weighted by atomic mass is 9.84. The standard InChI is InChI=1S/C59H90O4.C29H50O2.C8H14O2S2/c1-44(2)24-15-25-45(3)26-16-27-46(4)28-17-29-47(5)30-18-31-48(6)32-19-33-49(7)34-20-35-50(8)36-21-37-51(9)38-22-39-52(10)40-23-41-53(11)42-43-55-54(12)56(60)58(62-13)59(63-14)57(55)61;1-20(2)12-9-13-21(3)14-10-15-22(4)16-11-18-29(8)19-17-26-25(7)27(30)23(5)24(6)28(26)31-29;9-8(10)4-2-1-3-7-5-6-11-12-7/h24,26,28,30,32,34,36,38,40,42H,15-23,25,27,29,31,33,35,37,39,41,43H2,1-14H3;20-22,30H,9-19H2,1-8H3;7H,1-6H2,(H,9,10)/b45-26+,46-28+,47-30+,48-32+,49-34+,50-36+,51-38+,52-40+,53-42+;;/t;21-,22-,29-;7-/m.11/s1. The van der Waals surface area contributed by atoms with Crippen molar-refractivity contribution in [2.24, 2.45) is 17.8 Å². The summed E-state index contributed by atoms with van der Waals surface area (Å²) in [7, 11) is 6.69. The van der Waals surface area contributed by atoms with E-state index in [2.05, 4.69) is 178 Å². The average molecular weight is 1500 g/mol. The van der Waals surface area contributed by atoms with Gasteiger partial charge in [0.1, 0.15) is 17.1 Å². The maximum absolute atomic E-state index is 12.9. The van der Waals surface area contributed by atoms with Crippen molar-refractivity contribution >= 4 is 39.1 Å². The first-order valence-electron chi connectivity index (χ1n) is 41.5. The highest BCUT2D eigenvalue weighted by Gasteiger charge is 2.36. The first-order valence-corrected chi connectivity index (χ1v) is 43.9. The Morgan fingerprint density at radius 3 is 1.27 bits per heavy atom. The molecule has 106 heavy (non-hydrogen) atoms. The van der Waals surface area contributed by atoms with E-state index >= 15 is 0 Å². The summed E-state index contributed by atoms with van der Waals surface area (Å²) in [6, 6.07) is 0. The minimum absolute atomic E-state index is 0.00667. The Morgan fingerprint density at radius 2 is 0.896 bits per heavy atom. The first-order chi connectivity index (χ1) is 50.3. The van der Waals surface area contributed by atoms with Crippen LogP contribution in [-0.4, -0.2) is 58.6 Å². The fraction of sp³-hybridized carbons (Fsp3) is 0.656. The molecule has 1 aromatic carbocycles. The maximum atomic E-state index is 12.9. The van der Waals surface area contributed by atoms with Crippen LogP contribution in [0.25, 0.3) is 0 Å². The Labute approximate surface area is 658 Å². The monoisotopic (exact) mass is 1500 g/mol. The first kappa shape index (κ1) is 96.9. The topological polar surface area (TPSA) is 119 Å². The molecule has 4 rings (SSSR count). The van der Waals surface area contributed by atoms with Crippen LogP contribution in [0.4, 0.5) is 0 Å². The highest BCUT2D eigenvalue weighted by atomic mass is 33.1. The molecule has 0 amide bonds. The number of carboxylic acids is 1. The third kappa shape index (κ3) is 42.1. The Morgan fingerprint density at radius 1 is 0.509 bits per heavy atom. The minimum atomic E-state index is -0.663. The van der Waals surface area contributed by atoms with E-state index in [1.807, 2.05) is 35.4 Å². The summed E-state index contributed by atoms with van der Waals surface area (Å²) < 4.78 is 16.9. The lowest BCUT2D eigenvalue weighted by molar-refractivity contribution is -0.137. The van der Waals surface area contributed by atoms with Crippen LogP contribution in [0.2, 0.25) is 0 Å². The Bertz CT molecular complexity index is 3220. The summed E-state index contributed by atoms with van der Waals surface area (Å²) in [6.07, 6.45) is 63.1. The van der Waals surface area contributed by atoms with Crippen molar-refractivity contribution < 1.29 is 38.8 Å². The number of Topliss-reactive ketones (excluding diaryl/α,β-unsaturated/α-hetero) is 2. The molecule has 10 heteroatoms. The van der Waals surface area contributed by atoms with Crippen LogP contribution in [0.1, 0.15) is 358 Å². The number of allylic oxidation sites excluding steroid dienone is 22. The summed E-state index contributed by atoms with van der Waals surface area (Å²) in [5.74, 6) is 4.07. The van der Waals surface area contributed by atoms with Crippen molar-refractivity contribution in [3.8, 4) is 11.5 Å². The number of phenolic OH excluding ortho intramolecular Hbond substituents is 1. The van der Waals surface area contributed by atoms with Crippen molar-refractivity contribution in [3.63, 3.8) is 0 Å². The van der Waals surface area contributed by atoms with Gasteiger partial charge in [0.05, 0.1) is 14.2 Å². The van der Waals surface area contributed by atoms with Gasteiger partial charge in [-0.15, -0.1) is 0 Å². The predicted molar refractivity (Wildman–Crippen MR) is 464 cm³/mol. The fourth-order valence-electron chi connectivity index (χ4n) is 14.1. The SMILES string of the molecule is COC1=C(OC)C(=O)C(C/C=C(\C)CC/C=C(\C)CC/C=C(\C)CC/C=C(\C)CC/C=C(\C)CC/C=C(\C)CC/C=C(\C)CC/C=C(\C)CC/C=C(\C)CCC=C(C)C)=C(C)C1=O.Cc1c(C)c2c(c(C)c1O)CC[C@@](C)(CCC[C@H](C)CCC[C@H](C)CCCC(C)C)O2.O=C(O)CCCC[C@@H]1CCSS1. The van der Waals surface area contributed by atoms with E-state index in [1.165, 1.54) is 165 Å². The summed E-state index contributed by atoms with van der Waals surface area (Å²) in [4.78, 5) is 35.7. The largest absolute Gasteiger partial charge is 0.507 e.